The lowest BCUT2D eigenvalue weighted by Gasteiger charge is -2.33. The number of piperazine rings is 1. The zero-order valence-electron chi connectivity index (χ0n) is 18.4. The number of hydrogen-bond donors (Lipinski definition) is 1. The van der Waals surface area contributed by atoms with E-state index in [2.05, 4.69) is 20.5 Å². The van der Waals surface area contributed by atoms with Gasteiger partial charge in [-0.1, -0.05) is 11.3 Å². The molecule has 11 heteroatoms. The summed E-state index contributed by atoms with van der Waals surface area (Å²) in [5, 5.41) is 10.8. The van der Waals surface area contributed by atoms with Gasteiger partial charge >= 0.3 is 0 Å². The van der Waals surface area contributed by atoms with E-state index in [1.54, 1.807) is 17.7 Å². The Bertz CT molecular complexity index is 1140. The van der Waals surface area contributed by atoms with Gasteiger partial charge in [-0.25, -0.2) is 4.68 Å². The van der Waals surface area contributed by atoms with Crippen molar-refractivity contribution in [2.24, 2.45) is 0 Å². The lowest BCUT2D eigenvalue weighted by atomic mass is 10.0. The zero-order chi connectivity index (χ0) is 23.1. The molecule has 5 rings (SSSR count). The molecule has 1 unspecified atom stereocenters. The van der Waals surface area contributed by atoms with Crippen LogP contribution in [0.15, 0.2) is 24.4 Å². The van der Waals surface area contributed by atoms with Crippen molar-refractivity contribution in [2.75, 3.05) is 26.2 Å². The summed E-state index contributed by atoms with van der Waals surface area (Å²) in [5.41, 5.74) is 2.90. The smallest absolute Gasteiger partial charge is 0.255 e. The number of benzene rings is 1. The highest BCUT2D eigenvalue weighted by atomic mass is 16.2. The van der Waals surface area contributed by atoms with Crippen LogP contribution in [0.5, 0.6) is 0 Å². The van der Waals surface area contributed by atoms with Crippen molar-refractivity contribution >= 4 is 23.6 Å². The molecule has 2 aromatic rings. The summed E-state index contributed by atoms with van der Waals surface area (Å²) in [4.78, 5) is 53.8. The Kier molecular flexibility index (Phi) is 5.41. The van der Waals surface area contributed by atoms with Gasteiger partial charge in [0.2, 0.25) is 17.7 Å². The predicted octanol–water partition coefficient (Wildman–Crippen LogP) is -0.308. The van der Waals surface area contributed by atoms with Gasteiger partial charge in [-0.05, 0) is 24.1 Å². The summed E-state index contributed by atoms with van der Waals surface area (Å²) < 4.78 is 1.64. The molecule has 3 aliphatic heterocycles. The van der Waals surface area contributed by atoms with Crippen molar-refractivity contribution in [3.8, 4) is 5.69 Å². The van der Waals surface area contributed by atoms with Crippen LogP contribution in [0.4, 0.5) is 0 Å². The van der Waals surface area contributed by atoms with Crippen LogP contribution in [0.3, 0.4) is 0 Å². The second kappa shape index (κ2) is 8.39. The molecule has 1 aromatic carbocycles. The molecule has 1 N–H and O–H groups in total. The Morgan fingerprint density at radius 2 is 1.94 bits per heavy atom. The van der Waals surface area contributed by atoms with Crippen LogP contribution in [0.1, 0.15) is 41.4 Å². The monoisotopic (exact) mass is 451 g/mol. The Balaban J connectivity index is 1.27. The minimum Gasteiger partial charge on any atom is -0.340 e. The van der Waals surface area contributed by atoms with E-state index < -0.39 is 11.9 Å². The van der Waals surface area contributed by atoms with Crippen molar-refractivity contribution < 1.29 is 19.2 Å². The molecule has 4 amide bonds. The van der Waals surface area contributed by atoms with Crippen LogP contribution in [-0.4, -0.2) is 85.5 Å². The summed E-state index contributed by atoms with van der Waals surface area (Å²) in [7, 11) is 0. The third-order valence-corrected chi connectivity index (χ3v) is 6.52. The Morgan fingerprint density at radius 3 is 2.67 bits per heavy atom. The summed E-state index contributed by atoms with van der Waals surface area (Å²) >= 11 is 0. The molecule has 0 radical (unpaired) electrons. The largest absolute Gasteiger partial charge is 0.340 e. The maximum atomic E-state index is 13.0. The highest BCUT2D eigenvalue weighted by Crippen LogP contribution is 2.29. The number of amides is 4. The number of piperidine rings is 1. The Labute approximate surface area is 190 Å². The molecule has 2 saturated heterocycles. The number of nitrogens with one attached hydrogen (secondary N) is 1. The number of fused-ring (bicyclic) bond motifs is 1. The highest BCUT2D eigenvalue weighted by Gasteiger charge is 2.39. The lowest BCUT2D eigenvalue weighted by molar-refractivity contribution is -0.137. The van der Waals surface area contributed by atoms with E-state index in [4.69, 9.17) is 0 Å². The van der Waals surface area contributed by atoms with E-state index in [0.29, 0.717) is 43.9 Å². The SMILES string of the molecule is CC(=O)N1CCN(Cc2cn(-c3ccc4c(c3)C(=O)N(C3CCC(=O)NC3=O)C4)nn2)CC1. The molecule has 11 nitrogen and oxygen atoms in total. The maximum absolute atomic E-state index is 13.0. The highest BCUT2D eigenvalue weighted by molar-refractivity contribution is 6.05. The van der Waals surface area contributed by atoms with Crippen molar-refractivity contribution in [3.05, 3.63) is 41.2 Å². The number of carbonyl (C=O) groups excluding carboxylic acids is 4. The van der Waals surface area contributed by atoms with E-state index in [-0.39, 0.29) is 24.1 Å². The normalized spacial score (nSPS) is 21.4. The fraction of sp³-hybridized carbons (Fsp3) is 0.455. The number of aromatic nitrogens is 3. The Hall–Kier alpha value is -3.60. The first-order chi connectivity index (χ1) is 15.9. The average Bonchev–Trinajstić information content (AvgIpc) is 3.39. The van der Waals surface area contributed by atoms with Gasteiger partial charge in [-0.15, -0.1) is 5.10 Å². The third-order valence-electron chi connectivity index (χ3n) is 6.52. The van der Waals surface area contributed by atoms with Crippen LogP contribution < -0.4 is 5.32 Å². The zero-order valence-corrected chi connectivity index (χ0v) is 18.4. The van der Waals surface area contributed by atoms with Crippen molar-refractivity contribution in [3.63, 3.8) is 0 Å². The maximum Gasteiger partial charge on any atom is 0.255 e. The number of rotatable bonds is 4. The molecule has 0 spiro atoms. The fourth-order valence-electron chi connectivity index (χ4n) is 4.63. The topological polar surface area (TPSA) is 121 Å². The molecule has 4 heterocycles. The van der Waals surface area contributed by atoms with Crippen LogP contribution in [0.25, 0.3) is 5.69 Å². The molecule has 3 aliphatic rings. The first-order valence-corrected chi connectivity index (χ1v) is 11.1. The first-order valence-electron chi connectivity index (χ1n) is 11.1. The van der Waals surface area contributed by atoms with E-state index in [0.717, 1.165) is 24.3 Å². The second-order valence-electron chi connectivity index (χ2n) is 8.68. The van der Waals surface area contributed by atoms with Gasteiger partial charge in [-0.3, -0.25) is 29.4 Å². The van der Waals surface area contributed by atoms with E-state index in [1.165, 1.54) is 4.90 Å². The molecule has 0 saturated carbocycles. The number of hydrogen-bond acceptors (Lipinski definition) is 7. The van der Waals surface area contributed by atoms with Gasteiger partial charge in [0, 0.05) is 58.2 Å². The molecular formula is C22H25N7O4. The van der Waals surface area contributed by atoms with E-state index in [1.807, 2.05) is 23.2 Å². The summed E-state index contributed by atoms with van der Waals surface area (Å²) in [6, 6.07) is 4.89. The fourth-order valence-corrected chi connectivity index (χ4v) is 4.63. The second-order valence-corrected chi connectivity index (χ2v) is 8.68. The molecule has 0 aliphatic carbocycles. The minimum absolute atomic E-state index is 0.0999. The molecule has 0 bridgehead atoms. The van der Waals surface area contributed by atoms with Crippen LogP contribution in [0, 0.1) is 0 Å². The number of carbonyl (C=O) groups is 4. The van der Waals surface area contributed by atoms with Crippen molar-refractivity contribution in [2.45, 2.75) is 38.9 Å². The first kappa shape index (κ1) is 21.3. The Morgan fingerprint density at radius 1 is 1.15 bits per heavy atom. The van der Waals surface area contributed by atoms with Gasteiger partial charge in [0.1, 0.15) is 6.04 Å². The van der Waals surface area contributed by atoms with Crippen molar-refractivity contribution in [1.82, 2.24) is 35.0 Å². The van der Waals surface area contributed by atoms with Crippen LogP contribution in [0.2, 0.25) is 0 Å². The molecule has 1 atom stereocenters. The van der Waals surface area contributed by atoms with Gasteiger partial charge in [0.05, 0.1) is 17.6 Å². The molecule has 1 aromatic heterocycles. The number of nitrogens with zero attached hydrogens (tertiary/aromatic N) is 6. The van der Waals surface area contributed by atoms with Crippen LogP contribution in [-0.2, 0) is 27.5 Å². The van der Waals surface area contributed by atoms with E-state index in [9.17, 15) is 19.2 Å². The molecule has 2 fully saturated rings. The summed E-state index contributed by atoms with van der Waals surface area (Å²) in [5.74, 6) is -0.837. The third kappa shape index (κ3) is 4.11. The molecule has 33 heavy (non-hydrogen) atoms. The van der Waals surface area contributed by atoms with Gasteiger partial charge in [0.15, 0.2) is 0 Å². The van der Waals surface area contributed by atoms with Crippen LogP contribution >= 0.6 is 0 Å². The minimum atomic E-state index is -0.632. The number of imide groups is 1. The lowest BCUT2D eigenvalue weighted by Crippen LogP contribution is -2.52. The van der Waals surface area contributed by atoms with Gasteiger partial charge in [0.25, 0.3) is 5.91 Å². The quantitative estimate of drug-likeness (QED) is 0.633. The molecule has 172 valence electrons. The van der Waals surface area contributed by atoms with E-state index >= 15 is 0 Å². The van der Waals surface area contributed by atoms with Gasteiger partial charge in [-0.2, -0.15) is 0 Å². The molecular weight excluding hydrogens is 426 g/mol. The van der Waals surface area contributed by atoms with Crippen molar-refractivity contribution in [1.29, 1.82) is 0 Å². The summed E-state index contributed by atoms with van der Waals surface area (Å²) in [6.45, 7) is 5.56. The summed E-state index contributed by atoms with van der Waals surface area (Å²) in [6.07, 6.45) is 2.41. The standard InChI is InChI=1S/C22H25N7O4/c1-14(30)27-8-6-26(7-9-27)12-16-13-29(25-24-16)17-3-2-15-11-28(22(33)18(15)10-17)19-4-5-20(31)23-21(19)32/h2-3,10,13,19H,4-9,11-12H2,1H3,(H,23,31,32). The van der Waals surface area contributed by atoms with Gasteiger partial charge < -0.3 is 9.80 Å². The average molecular weight is 451 g/mol. The predicted molar refractivity (Wildman–Crippen MR) is 115 cm³/mol.